The molecule has 1 aliphatic carbocycles. The largest absolute Gasteiger partial charge is 0.312 e. The molecule has 0 amide bonds. The van der Waals surface area contributed by atoms with Crippen LogP contribution in [0.2, 0.25) is 0 Å². The van der Waals surface area contributed by atoms with E-state index in [0.29, 0.717) is 6.42 Å². The Morgan fingerprint density at radius 3 is 2.95 bits per heavy atom. The zero-order chi connectivity index (χ0) is 14.7. The van der Waals surface area contributed by atoms with Gasteiger partial charge in [-0.1, -0.05) is 18.2 Å². The van der Waals surface area contributed by atoms with Gasteiger partial charge < -0.3 is 5.32 Å². The molecule has 1 heterocycles. The fourth-order valence-electron chi connectivity index (χ4n) is 2.81. The third kappa shape index (κ3) is 3.31. The standard InChI is InChI=1S/C16H18N2O2S/c19-18(20)15-6-2-1-4-12(15)8-9-17-11-14-10-13-5-3-7-16(13)21-14/h1-2,4,6,10,17H,3,5,7-9,11H2. The molecule has 0 saturated heterocycles. The van der Waals surface area contributed by atoms with Crippen LogP contribution in [0.4, 0.5) is 5.69 Å². The molecule has 0 bridgehead atoms. The van der Waals surface area contributed by atoms with Crippen molar-refractivity contribution >= 4 is 17.0 Å². The first-order valence-corrected chi connectivity index (χ1v) is 8.09. The van der Waals surface area contributed by atoms with Crippen molar-refractivity contribution in [3.63, 3.8) is 0 Å². The van der Waals surface area contributed by atoms with Gasteiger partial charge in [0.25, 0.3) is 5.69 Å². The van der Waals surface area contributed by atoms with Crippen LogP contribution in [0.3, 0.4) is 0 Å². The maximum absolute atomic E-state index is 10.9. The van der Waals surface area contributed by atoms with Gasteiger partial charge in [-0.3, -0.25) is 10.1 Å². The minimum atomic E-state index is -0.306. The van der Waals surface area contributed by atoms with Gasteiger partial charge in [0, 0.05) is 27.9 Å². The summed E-state index contributed by atoms with van der Waals surface area (Å²) < 4.78 is 0. The van der Waals surface area contributed by atoms with E-state index in [1.165, 1.54) is 29.7 Å². The molecule has 0 aliphatic heterocycles. The first kappa shape index (κ1) is 14.2. The number of nitrogens with one attached hydrogen (secondary N) is 1. The number of fused-ring (bicyclic) bond motifs is 1. The number of thiophene rings is 1. The van der Waals surface area contributed by atoms with E-state index in [1.54, 1.807) is 17.0 Å². The zero-order valence-electron chi connectivity index (χ0n) is 11.8. The summed E-state index contributed by atoms with van der Waals surface area (Å²) in [5.41, 5.74) is 2.54. The van der Waals surface area contributed by atoms with Crippen molar-refractivity contribution in [2.24, 2.45) is 0 Å². The van der Waals surface area contributed by atoms with Gasteiger partial charge in [0.1, 0.15) is 0 Å². The van der Waals surface area contributed by atoms with Crippen LogP contribution in [0.1, 0.15) is 27.3 Å². The Kier molecular flexibility index (Phi) is 4.31. The molecule has 2 aromatic rings. The molecule has 0 atom stereocenters. The lowest BCUT2D eigenvalue weighted by molar-refractivity contribution is -0.385. The van der Waals surface area contributed by atoms with Crippen LogP contribution in [-0.4, -0.2) is 11.5 Å². The Bertz CT molecular complexity index is 630. The van der Waals surface area contributed by atoms with E-state index in [1.807, 2.05) is 23.5 Å². The van der Waals surface area contributed by atoms with Gasteiger partial charge in [0.05, 0.1) is 4.92 Å². The molecule has 4 nitrogen and oxygen atoms in total. The number of benzene rings is 1. The summed E-state index contributed by atoms with van der Waals surface area (Å²) in [7, 11) is 0. The molecule has 5 heteroatoms. The first-order chi connectivity index (χ1) is 10.2. The lowest BCUT2D eigenvalue weighted by Crippen LogP contribution is -2.16. The summed E-state index contributed by atoms with van der Waals surface area (Å²) in [6, 6.07) is 9.28. The van der Waals surface area contributed by atoms with Gasteiger partial charge >= 0.3 is 0 Å². The third-order valence-electron chi connectivity index (χ3n) is 3.86. The highest BCUT2D eigenvalue weighted by molar-refractivity contribution is 7.12. The average molecular weight is 302 g/mol. The number of hydrogen-bond donors (Lipinski definition) is 1. The van der Waals surface area contributed by atoms with Crippen LogP contribution >= 0.6 is 11.3 Å². The van der Waals surface area contributed by atoms with Crippen LogP contribution in [0.15, 0.2) is 30.3 Å². The number of nitrogens with zero attached hydrogens (tertiary/aromatic N) is 1. The molecule has 0 radical (unpaired) electrons. The second-order valence-electron chi connectivity index (χ2n) is 5.33. The maximum Gasteiger partial charge on any atom is 0.272 e. The Morgan fingerprint density at radius 2 is 2.14 bits per heavy atom. The molecule has 1 N–H and O–H groups in total. The van der Waals surface area contributed by atoms with Crippen molar-refractivity contribution in [1.29, 1.82) is 0 Å². The number of nitro groups is 1. The molecule has 0 fully saturated rings. The zero-order valence-corrected chi connectivity index (χ0v) is 12.6. The maximum atomic E-state index is 10.9. The van der Waals surface area contributed by atoms with E-state index < -0.39 is 0 Å². The second-order valence-corrected chi connectivity index (χ2v) is 6.55. The molecular weight excluding hydrogens is 284 g/mol. The van der Waals surface area contributed by atoms with E-state index in [0.717, 1.165) is 18.7 Å². The summed E-state index contributed by atoms with van der Waals surface area (Å²) in [6.45, 7) is 1.62. The number of para-hydroxylation sites is 1. The molecule has 1 aliphatic rings. The second kappa shape index (κ2) is 6.37. The highest BCUT2D eigenvalue weighted by Crippen LogP contribution is 2.30. The molecule has 0 spiro atoms. The van der Waals surface area contributed by atoms with E-state index in [4.69, 9.17) is 0 Å². The van der Waals surface area contributed by atoms with Crippen molar-refractivity contribution in [1.82, 2.24) is 5.32 Å². The number of nitro benzene ring substituents is 1. The summed E-state index contributed by atoms with van der Waals surface area (Å²) >= 11 is 1.91. The van der Waals surface area contributed by atoms with Gasteiger partial charge in [-0.15, -0.1) is 11.3 Å². The van der Waals surface area contributed by atoms with Gasteiger partial charge in [-0.05, 0) is 43.9 Å². The Balaban J connectivity index is 1.51. The topological polar surface area (TPSA) is 55.2 Å². The predicted octanol–water partition coefficient (Wildman–Crippen LogP) is 3.48. The van der Waals surface area contributed by atoms with E-state index >= 15 is 0 Å². The fourth-order valence-corrected chi connectivity index (χ4v) is 4.04. The van der Waals surface area contributed by atoms with Crippen molar-refractivity contribution in [3.05, 3.63) is 61.3 Å². The quantitative estimate of drug-likeness (QED) is 0.505. The van der Waals surface area contributed by atoms with Gasteiger partial charge in [-0.25, -0.2) is 0 Å². The van der Waals surface area contributed by atoms with Crippen molar-refractivity contribution in [3.8, 4) is 0 Å². The van der Waals surface area contributed by atoms with Crippen molar-refractivity contribution in [2.75, 3.05) is 6.54 Å². The monoisotopic (exact) mass is 302 g/mol. The summed E-state index contributed by atoms with van der Waals surface area (Å²) in [5, 5.41) is 14.3. The molecule has 0 saturated carbocycles. The molecule has 3 rings (SSSR count). The Morgan fingerprint density at radius 1 is 1.29 bits per heavy atom. The fraction of sp³-hybridized carbons (Fsp3) is 0.375. The molecule has 1 aromatic carbocycles. The van der Waals surface area contributed by atoms with Crippen LogP contribution in [-0.2, 0) is 25.8 Å². The van der Waals surface area contributed by atoms with Gasteiger partial charge in [0.2, 0.25) is 0 Å². The van der Waals surface area contributed by atoms with Crippen molar-refractivity contribution < 1.29 is 4.92 Å². The highest BCUT2D eigenvalue weighted by atomic mass is 32.1. The van der Waals surface area contributed by atoms with Crippen LogP contribution in [0.25, 0.3) is 0 Å². The van der Waals surface area contributed by atoms with E-state index in [-0.39, 0.29) is 10.6 Å². The van der Waals surface area contributed by atoms with Crippen molar-refractivity contribution in [2.45, 2.75) is 32.2 Å². The number of aryl methyl sites for hydroxylation is 2. The minimum absolute atomic E-state index is 0.217. The molecule has 0 unspecified atom stereocenters. The highest BCUT2D eigenvalue weighted by Gasteiger charge is 2.15. The molecular formula is C16H18N2O2S. The normalized spacial score (nSPS) is 13.3. The predicted molar refractivity (Wildman–Crippen MR) is 84.9 cm³/mol. The van der Waals surface area contributed by atoms with Crippen LogP contribution in [0.5, 0.6) is 0 Å². The number of hydrogen-bond acceptors (Lipinski definition) is 4. The summed E-state index contributed by atoms with van der Waals surface area (Å²) in [6.07, 6.45) is 4.44. The average Bonchev–Trinajstić information content (AvgIpc) is 3.05. The van der Waals surface area contributed by atoms with Crippen LogP contribution < -0.4 is 5.32 Å². The Hall–Kier alpha value is -1.72. The SMILES string of the molecule is O=[N+]([O-])c1ccccc1CCNCc1cc2c(s1)CCC2. The van der Waals surface area contributed by atoms with E-state index in [9.17, 15) is 10.1 Å². The van der Waals surface area contributed by atoms with Gasteiger partial charge in [-0.2, -0.15) is 0 Å². The lowest BCUT2D eigenvalue weighted by atomic mass is 10.1. The molecule has 1 aromatic heterocycles. The van der Waals surface area contributed by atoms with E-state index in [2.05, 4.69) is 11.4 Å². The van der Waals surface area contributed by atoms with Crippen LogP contribution in [0, 0.1) is 10.1 Å². The molecule has 110 valence electrons. The first-order valence-electron chi connectivity index (χ1n) is 7.27. The number of rotatable bonds is 6. The minimum Gasteiger partial charge on any atom is -0.312 e. The van der Waals surface area contributed by atoms with Gasteiger partial charge in [0.15, 0.2) is 0 Å². The molecule has 21 heavy (non-hydrogen) atoms. The summed E-state index contributed by atoms with van der Waals surface area (Å²) in [5.74, 6) is 0. The summed E-state index contributed by atoms with van der Waals surface area (Å²) in [4.78, 5) is 13.6. The Labute approximate surface area is 128 Å². The lowest BCUT2D eigenvalue weighted by Gasteiger charge is -2.04. The smallest absolute Gasteiger partial charge is 0.272 e. The third-order valence-corrected chi connectivity index (χ3v) is 5.09.